The molecule has 7 heteroatoms. The molecule has 0 unspecified atom stereocenters. The first-order chi connectivity index (χ1) is 15.0. The molecule has 0 bridgehead atoms. The van der Waals surface area contributed by atoms with Crippen molar-refractivity contribution < 1.29 is 13.9 Å². The normalized spacial score (nSPS) is 10.6. The van der Waals surface area contributed by atoms with Crippen LogP contribution < -0.4 is 10.1 Å². The predicted molar refractivity (Wildman–Crippen MR) is 121 cm³/mol. The maximum Gasteiger partial charge on any atom is 0.255 e. The summed E-state index contributed by atoms with van der Waals surface area (Å²) in [4.78, 5) is 12.6. The van der Waals surface area contributed by atoms with Crippen LogP contribution >= 0.6 is 15.9 Å². The van der Waals surface area contributed by atoms with Crippen LogP contribution in [0.5, 0.6) is 5.75 Å². The molecule has 4 aromatic rings. The number of hydrogen-bond acceptors (Lipinski definition) is 3. The molecule has 4 rings (SSSR count). The molecular formula is C24H19BrFN3O2. The molecule has 5 nitrogen and oxygen atoms in total. The van der Waals surface area contributed by atoms with Crippen molar-refractivity contribution >= 4 is 27.5 Å². The lowest BCUT2D eigenvalue weighted by atomic mass is 10.1. The second kappa shape index (κ2) is 9.57. The van der Waals surface area contributed by atoms with Gasteiger partial charge in [0.2, 0.25) is 0 Å². The minimum Gasteiger partial charge on any atom is -0.489 e. The van der Waals surface area contributed by atoms with Crippen LogP contribution in [-0.4, -0.2) is 15.7 Å². The third-order valence-corrected chi connectivity index (χ3v) is 5.06. The summed E-state index contributed by atoms with van der Waals surface area (Å²) < 4.78 is 21.7. The summed E-state index contributed by atoms with van der Waals surface area (Å²) in [5.41, 5.74) is 2.77. The quantitative estimate of drug-likeness (QED) is 0.371. The van der Waals surface area contributed by atoms with E-state index in [0.29, 0.717) is 24.4 Å². The third-order valence-electron chi connectivity index (χ3n) is 4.53. The summed E-state index contributed by atoms with van der Waals surface area (Å²) in [5.74, 6) is 0.224. The van der Waals surface area contributed by atoms with E-state index in [0.717, 1.165) is 21.3 Å². The molecule has 1 amide bonds. The van der Waals surface area contributed by atoms with Gasteiger partial charge in [-0.25, -0.2) is 4.39 Å². The highest BCUT2D eigenvalue weighted by Gasteiger charge is 2.09. The van der Waals surface area contributed by atoms with Gasteiger partial charge in [0, 0.05) is 16.2 Å². The number of carbonyl (C=O) groups excluding carboxylic acids is 1. The van der Waals surface area contributed by atoms with Gasteiger partial charge in [0.05, 0.1) is 18.4 Å². The Balaban J connectivity index is 1.37. The molecular weight excluding hydrogens is 461 g/mol. The highest BCUT2D eigenvalue weighted by atomic mass is 79.9. The van der Waals surface area contributed by atoms with E-state index >= 15 is 0 Å². The molecule has 0 aliphatic heterocycles. The van der Waals surface area contributed by atoms with Gasteiger partial charge in [0.25, 0.3) is 5.91 Å². The molecule has 156 valence electrons. The predicted octanol–water partition coefficient (Wildman–Crippen LogP) is 5.66. The Morgan fingerprint density at radius 3 is 2.61 bits per heavy atom. The maximum absolute atomic E-state index is 13.3. The minimum atomic E-state index is -0.290. The number of benzene rings is 3. The van der Waals surface area contributed by atoms with E-state index < -0.39 is 0 Å². The second-order valence-electron chi connectivity index (χ2n) is 6.95. The van der Waals surface area contributed by atoms with Crippen molar-refractivity contribution in [3.05, 3.63) is 112 Å². The topological polar surface area (TPSA) is 56.2 Å². The van der Waals surface area contributed by atoms with E-state index in [1.807, 2.05) is 42.5 Å². The zero-order chi connectivity index (χ0) is 21.6. The average molecular weight is 480 g/mol. The van der Waals surface area contributed by atoms with Gasteiger partial charge < -0.3 is 10.1 Å². The molecule has 0 fully saturated rings. The largest absolute Gasteiger partial charge is 0.489 e. The van der Waals surface area contributed by atoms with Gasteiger partial charge in [-0.05, 0) is 59.7 Å². The number of aromatic nitrogens is 2. The fourth-order valence-electron chi connectivity index (χ4n) is 3.04. The number of rotatable bonds is 7. The van der Waals surface area contributed by atoms with Gasteiger partial charge >= 0.3 is 0 Å². The standard InChI is InChI=1S/C24H19BrFN3O2/c25-20-7-9-23(10-8-20)31-16-18-4-1-5-19(11-18)24(30)28-22-13-27-29(15-22)14-17-3-2-6-21(26)12-17/h1-13,15H,14,16H2,(H,28,30). The van der Waals surface area contributed by atoms with E-state index in [9.17, 15) is 9.18 Å². The first kappa shape index (κ1) is 20.8. The van der Waals surface area contributed by atoms with Gasteiger partial charge in [-0.3, -0.25) is 9.48 Å². The smallest absolute Gasteiger partial charge is 0.255 e. The summed E-state index contributed by atoms with van der Waals surface area (Å²) >= 11 is 3.39. The van der Waals surface area contributed by atoms with Crippen LogP contribution in [-0.2, 0) is 13.2 Å². The van der Waals surface area contributed by atoms with Crippen molar-refractivity contribution in [3.63, 3.8) is 0 Å². The van der Waals surface area contributed by atoms with Crippen molar-refractivity contribution in [2.45, 2.75) is 13.2 Å². The van der Waals surface area contributed by atoms with Gasteiger partial charge in [0.1, 0.15) is 18.2 Å². The van der Waals surface area contributed by atoms with Gasteiger partial charge in [-0.1, -0.05) is 40.2 Å². The SMILES string of the molecule is O=C(Nc1cnn(Cc2cccc(F)c2)c1)c1cccc(COc2ccc(Br)cc2)c1. The Morgan fingerprint density at radius 2 is 1.81 bits per heavy atom. The van der Waals surface area contributed by atoms with Crippen LogP contribution in [0.2, 0.25) is 0 Å². The number of carbonyl (C=O) groups is 1. The van der Waals surface area contributed by atoms with Crippen molar-refractivity contribution in [2.24, 2.45) is 0 Å². The summed E-state index contributed by atoms with van der Waals surface area (Å²) in [5, 5.41) is 7.07. The zero-order valence-corrected chi connectivity index (χ0v) is 18.0. The molecule has 0 aliphatic rings. The lowest BCUT2D eigenvalue weighted by Crippen LogP contribution is -2.12. The molecule has 3 aromatic carbocycles. The number of halogens is 2. The maximum atomic E-state index is 13.3. The lowest BCUT2D eigenvalue weighted by molar-refractivity contribution is 0.102. The molecule has 0 atom stereocenters. The summed E-state index contributed by atoms with van der Waals surface area (Å²) in [7, 11) is 0. The number of hydrogen-bond donors (Lipinski definition) is 1. The Morgan fingerprint density at radius 1 is 1.03 bits per heavy atom. The molecule has 31 heavy (non-hydrogen) atoms. The fourth-order valence-corrected chi connectivity index (χ4v) is 3.30. The molecule has 1 N–H and O–H groups in total. The molecule has 0 saturated heterocycles. The van der Waals surface area contributed by atoms with Crippen LogP contribution in [0.15, 0.2) is 89.7 Å². The minimum absolute atomic E-state index is 0.240. The van der Waals surface area contributed by atoms with Gasteiger partial charge in [-0.2, -0.15) is 5.10 Å². The lowest BCUT2D eigenvalue weighted by Gasteiger charge is -2.08. The van der Waals surface area contributed by atoms with Crippen molar-refractivity contribution in [2.75, 3.05) is 5.32 Å². The number of nitrogens with zero attached hydrogens (tertiary/aromatic N) is 2. The van der Waals surface area contributed by atoms with Crippen molar-refractivity contribution in [3.8, 4) is 5.75 Å². The summed E-state index contributed by atoms with van der Waals surface area (Å²) in [6.07, 6.45) is 3.28. The number of amides is 1. The Hall–Kier alpha value is -3.45. The van der Waals surface area contributed by atoms with Crippen LogP contribution in [0.4, 0.5) is 10.1 Å². The number of nitrogens with one attached hydrogen (secondary N) is 1. The molecule has 0 aliphatic carbocycles. The second-order valence-corrected chi connectivity index (χ2v) is 7.87. The van der Waals surface area contributed by atoms with E-state index in [1.54, 1.807) is 35.3 Å². The Kier molecular flexibility index (Phi) is 6.43. The monoisotopic (exact) mass is 479 g/mol. The summed E-state index contributed by atoms with van der Waals surface area (Å²) in [6.45, 7) is 0.769. The zero-order valence-electron chi connectivity index (χ0n) is 16.5. The van der Waals surface area contributed by atoms with Crippen molar-refractivity contribution in [1.29, 1.82) is 0 Å². The van der Waals surface area contributed by atoms with E-state index in [-0.39, 0.29) is 11.7 Å². The Labute approximate surface area is 187 Å². The first-order valence-electron chi connectivity index (χ1n) is 9.61. The van der Waals surface area contributed by atoms with Crippen LogP contribution in [0.25, 0.3) is 0 Å². The molecule has 0 saturated carbocycles. The molecule has 1 aromatic heterocycles. The number of anilines is 1. The highest BCUT2D eigenvalue weighted by Crippen LogP contribution is 2.18. The Bertz CT molecular complexity index is 1190. The fraction of sp³-hybridized carbons (Fsp3) is 0.0833. The number of ether oxygens (including phenoxy) is 1. The first-order valence-corrected chi connectivity index (χ1v) is 10.4. The summed E-state index contributed by atoms with van der Waals surface area (Å²) in [6, 6.07) is 21.2. The third kappa shape index (κ3) is 5.79. The van der Waals surface area contributed by atoms with Crippen LogP contribution in [0.1, 0.15) is 21.5 Å². The van der Waals surface area contributed by atoms with Crippen LogP contribution in [0, 0.1) is 5.82 Å². The van der Waals surface area contributed by atoms with Gasteiger partial charge in [-0.15, -0.1) is 0 Å². The molecule has 1 heterocycles. The highest BCUT2D eigenvalue weighted by molar-refractivity contribution is 9.10. The van der Waals surface area contributed by atoms with Crippen LogP contribution in [0.3, 0.4) is 0 Å². The van der Waals surface area contributed by atoms with Gasteiger partial charge in [0.15, 0.2) is 0 Å². The van der Waals surface area contributed by atoms with Crippen molar-refractivity contribution in [1.82, 2.24) is 9.78 Å². The molecule has 0 radical (unpaired) electrons. The molecule has 0 spiro atoms. The van der Waals surface area contributed by atoms with E-state index in [4.69, 9.17) is 4.74 Å². The van der Waals surface area contributed by atoms with E-state index in [1.165, 1.54) is 12.1 Å². The average Bonchev–Trinajstić information content (AvgIpc) is 3.20. The van der Waals surface area contributed by atoms with E-state index in [2.05, 4.69) is 26.3 Å².